The van der Waals surface area contributed by atoms with E-state index in [1.807, 2.05) is 0 Å². The average Bonchev–Trinajstić information content (AvgIpc) is 2.53. The summed E-state index contributed by atoms with van der Waals surface area (Å²) >= 11 is 0. The Balaban J connectivity index is 2.33. The van der Waals surface area contributed by atoms with Gasteiger partial charge >= 0.3 is 11.9 Å². The predicted molar refractivity (Wildman–Crippen MR) is 86.3 cm³/mol. The Hall–Kier alpha value is -3.34. The monoisotopic (exact) mass is 310 g/mol. The van der Waals surface area contributed by atoms with Gasteiger partial charge in [0.1, 0.15) is 11.5 Å². The summed E-state index contributed by atoms with van der Waals surface area (Å²) in [6.45, 7) is 0. The van der Waals surface area contributed by atoms with Crippen LogP contribution in [0, 0.1) is 0 Å². The third-order valence-corrected chi connectivity index (χ3v) is 2.87. The minimum absolute atomic E-state index is 0.473. The van der Waals surface area contributed by atoms with Gasteiger partial charge in [0.25, 0.3) is 0 Å². The zero-order valence-corrected chi connectivity index (χ0v) is 12.0. The van der Waals surface area contributed by atoms with E-state index in [4.69, 9.17) is 14.9 Å². The van der Waals surface area contributed by atoms with Crippen LogP contribution in [0.15, 0.2) is 60.7 Å². The van der Waals surface area contributed by atoms with Crippen molar-refractivity contribution < 1.29 is 24.5 Å². The van der Waals surface area contributed by atoms with Crippen LogP contribution in [0.2, 0.25) is 0 Å². The molecule has 2 rings (SSSR count). The Morgan fingerprint density at radius 1 is 0.739 bits per heavy atom. The Morgan fingerprint density at radius 3 is 1.52 bits per heavy atom. The van der Waals surface area contributed by atoms with Crippen LogP contribution in [-0.2, 0) is 9.59 Å². The third-order valence-electron chi connectivity index (χ3n) is 2.87. The second-order valence-electron chi connectivity index (χ2n) is 4.52. The first kappa shape index (κ1) is 16.0. The number of carboxylic acids is 2. The lowest BCUT2D eigenvalue weighted by Crippen LogP contribution is -1.92. The quantitative estimate of drug-likeness (QED) is 0.795. The maximum Gasteiger partial charge on any atom is 0.328 e. The van der Waals surface area contributed by atoms with Gasteiger partial charge in [-0.15, -0.1) is 0 Å². The molecule has 116 valence electrons. The number of aliphatic carboxylic acids is 2. The van der Waals surface area contributed by atoms with Crippen molar-refractivity contribution in [2.75, 3.05) is 0 Å². The van der Waals surface area contributed by atoms with Crippen LogP contribution in [0.25, 0.3) is 12.2 Å². The first-order chi connectivity index (χ1) is 11.1. The van der Waals surface area contributed by atoms with Gasteiger partial charge in [0.15, 0.2) is 0 Å². The maximum atomic E-state index is 10.7. The molecule has 0 aliphatic heterocycles. The molecule has 0 aromatic heterocycles. The fraction of sp³-hybridized carbons (Fsp3) is 0. The second kappa shape index (κ2) is 7.61. The lowest BCUT2D eigenvalue weighted by molar-refractivity contribution is -0.132. The fourth-order valence-electron chi connectivity index (χ4n) is 1.86. The van der Waals surface area contributed by atoms with Crippen molar-refractivity contribution in [3.63, 3.8) is 0 Å². The molecule has 0 unspecified atom stereocenters. The summed E-state index contributed by atoms with van der Waals surface area (Å²) in [5.41, 5.74) is 1.21. The Labute approximate surface area is 132 Å². The largest absolute Gasteiger partial charge is 0.478 e. The molecule has 0 spiro atoms. The van der Waals surface area contributed by atoms with E-state index in [0.29, 0.717) is 22.6 Å². The summed E-state index contributed by atoms with van der Waals surface area (Å²) in [4.78, 5) is 21.3. The highest BCUT2D eigenvalue weighted by molar-refractivity contribution is 5.86. The number of carbonyl (C=O) groups is 2. The van der Waals surface area contributed by atoms with E-state index in [0.717, 1.165) is 12.2 Å². The molecule has 0 atom stereocenters. The smallest absolute Gasteiger partial charge is 0.328 e. The SMILES string of the molecule is O=C(O)/C=C/c1ccccc1Oc1ccccc1/C=C/C(=O)O. The molecule has 0 saturated heterocycles. The zero-order valence-electron chi connectivity index (χ0n) is 12.0. The Morgan fingerprint density at radius 2 is 1.13 bits per heavy atom. The van der Waals surface area contributed by atoms with Crippen molar-refractivity contribution in [2.24, 2.45) is 0 Å². The first-order valence-corrected chi connectivity index (χ1v) is 6.74. The van der Waals surface area contributed by atoms with Gasteiger partial charge in [0.2, 0.25) is 0 Å². The maximum absolute atomic E-state index is 10.7. The van der Waals surface area contributed by atoms with E-state index in [2.05, 4.69) is 0 Å². The van der Waals surface area contributed by atoms with Gasteiger partial charge in [-0.05, 0) is 24.3 Å². The molecule has 2 N–H and O–H groups in total. The molecule has 23 heavy (non-hydrogen) atoms. The number of ether oxygens (including phenoxy) is 1. The number of hydrogen-bond acceptors (Lipinski definition) is 3. The number of para-hydroxylation sites is 2. The number of benzene rings is 2. The van der Waals surface area contributed by atoms with E-state index in [9.17, 15) is 9.59 Å². The summed E-state index contributed by atoms with van der Waals surface area (Å²) < 4.78 is 5.82. The summed E-state index contributed by atoms with van der Waals surface area (Å²) in [6, 6.07) is 13.9. The van der Waals surface area contributed by atoms with E-state index < -0.39 is 11.9 Å². The van der Waals surface area contributed by atoms with E-state index >= 15 is 0 Å². The summed E-state index contributed by atoms with van der Waals surface area (Å²) in [5.74, 6) is -1.16. The molecule has 0 saturated carbocycles. The molecular formula is C18H14O5. The van der Waals surface area contributed by atoms with Crippen molar-refractivity contribution in [3.05, 3.63) is 71.8 Å². The average molecular weight is 310 g/mol. The molecule has 0 aliphatic rings. The van der Waals surface area contributed by atoms with Crippen LogP contribution in [0.5, 0.6) is 11.5 Å². The van der Waals surface area contributed by atoms with Crippen LogP contribution in [0.4, 0.5) is 0 Å². The second-order valence-corrected chi connectivity index (χ2v) is 4.52. The first-order valence-electron chi connectivity index (χ1n) is 6.74. The van der Waals surface area contributed by atoms with Gasteiger partial charge < -0.3 is 14.9 Å². The van der Waals surface area contributed by atoms with Crippen molar-refractivity contribution >= 4 is 24.1 Å². The van der Waals surface area contributed by atoms with Crippen LogP contribution in [0.3, 0.4) is 0 Å². The summed E-state index contributed by atoms with van der Waals surface area (Å²) in [5, 5.41) is 17.5. The van der Waals surface area contributed by atoms with E-state index in [1.165, 1.54) is 12.2 Å². The van der Waals surface area contributed by atoms with Crippen molar-refractivity contribution in [2.45, 2.75) is 0 Å². The number of rotatable bonds is 6. The molecule has 0 bridgehead atoms. The highest BCUT2D eigenvalue weighted by atomic mass is 16.5. The normalized spacial score (nSPS) is 11.0. The minimum Gasteiger partial charge on any atom is -0.478 e. The molecule has 2 aromatic carbocycles. The Kier molecular flexibility index (Phi) is 5.30. The van der Waals surface area contributed by atoms with Crippen LogP contribution in [-0.4, -0.2) is 22.2 Å². The molecule has 0 fully saturated rings. The number of carboxylic acid groups (broad SMARTS) is 2. The standard InChI is InChI=1S/C18H14O5/c19-17(20)11-9-13-5-1-3-7-15(13)23-16-8-4-2-6-14(16)10-12-18(21)22/h1-12H,(H,19,20)(H,21,22)/b11-9+,12-10+. The van der Waals surface area contributed by atoms with E-state index in [1.54, 1.807) is 48.5 Å². The molecule has 5 heteroatoms. The molecule has 5 nitrogen and oxygen atoms in total. The highest BCUT2D eigenvalue weighted by Crippen LogP contribution is 2.29. The minimum atomic E-state index is -1.05. The van der Waals surface area contributed by atoms with Crippen molar-refractivity contribution in [3.8, 4) is 11.5 Å². The molecule has 0 radical (unpaired) electrons. The van der Waals surface area contributed by atoms with Gasteiger partial charge in [-0.25, -0.2) is 9.59 Å². The van der Waals surface area contributed by atoms with Crippen molar-refractivity contribution in [1.82, 2.24) is 0 Å². The predicted octanol–water partition coefficient (Wildman–Crippen LogP) is 3.67. The van der Waals surface area contributed by atoms with Gasteiger partial charge in [-0.1, -0.05) is 36.4 Å². The topological polar surface area (TPSA) is 83.8 Å². The van der Waals surface area contributed by atoms with Crippen molar-refractivity contribution in [1.29, 1.82) is 0 Å². The fourth-order valence-corrected chi connectivity index (χ4v) is 1.86. The van der Waals surface area contributed by atoms with Crippen LogP contribution >= 0.6 is 0 Å². The lowest BCUT2D eigenvalue weighted by Gasteiger charge is -2.11. The van der Waals surface area contributed by atoms with Gasteiger partial charge in [0.05, 0.1) is 0 Å². The highest BCUT2D eigenvalue weighted by Gasteiger charge is 2.05. The molecular weight excluding hydrogens is 296 g/mol. The molecule has 2 aromatic rings. The van der Waals surface area contributed by atoms with Crippen LogP contribution < -0.4 is 4.74 Å². The zero-order chi connectivity index (χ0) is 16.7. The van der Waals surface area contributed by atoms with Gasteiger partial charge in [-0.2, -0.15) is 0 Å². The Bertz CT molecular complexity index is 709. The number of hydrogen-bond donors (Lipinski definition) is 2. The molecule has 0 heterocycles. The summed E-state index contributed by atoms with van der Waals surface area (Å²) in [6.07, 6.45) is 4.93. The van der Waals surface area contributed by atoms with Gasteiger partial charge in [0, 0.05) is 23.3 Å². The van der Waals surface area contributed by atoms with Gasteiger partial charge in [-0.3, -0.25) is 0 Å². The summed E-state index contributed by atoms with van der Waals surface area (Å²) in [7, 11) is 0. The molecule has 0 amide bonds. The lowest BCUT2D eigenvalue weighted by atomic mass is 10.1. The molecule has 0 aliphatic carbocycles. The van der Waals surface area contributed by atoms with Crippen LogP contribution in [0.1, 0.15) is 11.1 Å². The third kappa shape index (κ3) is 4.86. The van der Waals surface area contributed by atoms with E-state index in [-0.39, 0.29) is 0 Å².